The van der Waals surface area contributed by atoms with E-state index in [1.54, 1.807) is 7.05 Å². The Morgan fingerprint density at radius 3 is 2.17 bits per heavy atom. The van der Waals surface area contributed by atoms with Crippen LogP contribution in [0, 0.1) is 10.8 Å². The summed E-state index contributed by atoms with van der Waals surface area (Å²) < 4.78 is 26.3. The van der Waals surface area contributed by atoms with Gasteiger partial charge in [-0.25, -0.2) is 8.42 Å². The molecule has 1 unspecified atom stereocenters. The highest BCUT2D eigenvalue weighted by Gasteiger charge is 2.43. The fraction of sp³-hybridized carbons (Fsp3) is 0.824. The first-order valence-corrected chi connectivity index (χ1v) is 9.91. The van der Waals surface area contributed by atoms with E-state index in [0.717, 1.165) is 18.0 Å². The second kappa shape index (κ2) is 5.59. The van der Waals surface area contributed by atoms with Crippen LogP contribution in [0.2, 0.25) is 0 Å². The summed E-state index contributed by atoms with van der Waals surface area (Å²) in [6.45, 7) is 15.5. The number of likely N-dealkylation sites (N-methyl/N-ethyl adjacent to an activating group) is 1. The van der Waals surface area contributed by atoms with Crippen molar-refractivity contribution in [1.82, 2.24) is 9.21 Å². The lowest BCUT2D eigenvalue weighted by atomic mass is 9.78. The number of rotatable bonds is 1. The van der Waals surface area contributed by atoms with Crippen molar-refractivity contribution in [2.75, 3.05) is 19.5 Å². The third kappa shape index (κ3) is 3.33. The molecule has 0 aromatic rings. The van der Waals surface area contributed by atoms with Gasteiger partial charge in [0.2, 0.25) is 10.0 Å². The van der Waals surface area contributed by atoms with Gasteiger partial charge in [-0.2, -0.15) is 4.31 Å². The number of sulfonamides is 1. The number of amidine groups is 1. The molecule has 132 valence electrons. The Morgan fingerprint density at radius 2 is 1.74 bits per heavy atom. The minimum absolute atomic E-state index is 0.00466. The molecule has 6 heteroatoms. The molecule has 2 aliphatic rings. The molecule has 1 atom stereocenters. The molecule has 2 heterocycles. The molecule has 2 rings (SSSR count). The van der Waals surface area contributed by atoms with E-state index in [1.165, 1.54) is 9.88 Å². The molecule has 2 aliphatic heterocycles. The molecule has 0 bridgehead atoms. The summed E-state index contributed by atoms with van der Waals surface area (Å²) in [5, 5.41) is 0. The van der Waals surface area contributed by atoms with Crippen LogP contribution in [-0.2, 0) is 10.0 Å². The van der Waals surface area contributed by atoms with E-state index in [9.17, 15) is 8.42 Å². The number of nitrogens with zero attached hydrogens (tertiary/aromatic N) is 3. The Labute approximate surface area is 141 Å². The molecular weight excluding hydrogens is 310 g/mol. The van der Waals surface area contributed by atoms with E-state index in [1.807, 2.05) is 4.90 Å². The fourth-order valence-electron chi connectivity index (χ4n) is 3.34. The highest BCUT2D eigenvalue weighted by molar-refractivity contribution is 7.89. The smallest absolute Gasteiger partial charge is 0.232 e. The van der Waals surface area contributed by atoms with E-state index >= 15 is 0 Å². The van der Waals surface area contributed by atoms with Gasteiger partial charge < -0.3 is 4.90 Å². The van der Waals surface area contributed by atoms with E-state index in [-0.39, 0.29) is 22.7 Å². The highest BCUT2D eigenvalue weighted by atomic mass is 32.2. The number of hydrogen-bond donors (Lipinski definition) is 0. The van der Waals surface area contributed by atoms with Gasteiger partial charge in [0, 0.05) is 18.2 Å². The topological polar surface area (TPSA) is 53.0 Å². The lowest BCUT2D eigenvalue weighted by Crippen LogP contribution is -2.55. The van der Waals surface area contributed by atoms with Crippen LogP contribution >= 0.6 is 0 Å². The number of aliphatic imine (C=N–C) groups is 1. The van der Waals surface area contributed by atoms with Gasteiger partial charge in [0.25, 0.3) is 0 Å². The van der Waals surface area contributed by atoms with Crippen molar-refractivity contribution >= 4 is 15.9 Å². The quantitative estimate of drug-likeness (QED) is 0.736. The van der Waals surface area contributed by atoms with Crippen LogP contribution in [0.15, 0.2) is 16.3 Å². The summed E-state index contributed by atoms with van der Waals surface area (Å²) in [5.41, 5.74) is 2.21. The van der Waals surface area contributed by atoms with E-state index in [4.69, 9.17) is 4.99 Å². The van der Waals surface area contributed by atoms with E-state index in [2.05, 4.69) is 48.5 Å². The van der Waals surface area contributed by atoms with Gasteiger partial charge in [-0.3, -0.25) is 4.99 Å². The zero-order chi connectivity index (χ0) is 17.8. The lowest BCUT2D eigenvalue weighted by Gasteiger charge is -2.47. The maximum atomic E-state index is 12.4. The molecule has 1 fully saturated rings. The minimum atomic E-state index is -3.27. The van der Waals surface area contributed by atoms with Gasteiger partial charge in [0.05, 0.1) is 12.6 Å². The standard InChI is InChI=1S/C17H31N3O2S/c1-9-12-13-10-19(8)23(21,22)11-20(13)15(17(5,6)7)18-14(12)16(2,3)4/h14H,9-11H2,1-8H3. The Kier molecular flexibility index (Phi) is 4.48. The summed E-state index contributed by atoms with van der Waals surface area (Å²) in [7, 11) is -1.60. The van der Waals surface area contributed by atoms with Gasteiger partial charge in [-0.15, -0.1) is 0 Å². The maximum absolute atomic E-state index is 12.4. The SMILES string of the molecule is CCC1=C2CN(C)S(=O)(=O)CN2C(C(C)(C)C)=NC1C(C)(C)C. The van der Waals surface area contributed by atoms with Crippen molar-refractivity contribution in [1.29, 1.82) is 0 Å². The summed E-state index contributed by atoms with van der Waals surface area (Å²) in [5.74, 6) is 0.885. The molecule has 23 heavy (non-hydrogen) atoms. The molecule has 0 aromatic carbocycles. The van der Waals surface area contributed by atoms with Crippen LogP contribution in [0.5, 0.6) is 0 Å². The molecule has 0 amide bonds. The van der Waals surface area contributed by atoms with Crippen LogP contribution in [0.4, 0.5) is 0 Å². The summed E-state index contributed by atoms with van der Waals surface area (Å²) in [6, 6.07) is 0.0992. The number of fused-ring (bicyclic) bond motifs is 1. The second-order valence-electron chi connectivity index (χ2n) is 8.72. The first-order valence-electron chi connectivity index (χ1n) is 8.30. The van der Waals surface area contributed by atoms with Crippen molar-refractivity contribution < 1.29 is 8.42 Å². The van der Waals surface area contributed by atoms with E-state index in [0.29, 0.717) is 6.54 Å². The highest BCUT2D eigenvalue weighted by Crippen LogP contribution is 2.40. The maximum Gasteiger partial charge on any atom is 0.232 e. The zero-order valence-electron chi connectivity index (χ0n) is 15.8. The van der Waals surface area contributed by atoms with Crippen molar-refractivity contribution in [3.05, 3.63) is 11.3 Å². The summed E-state index contributed by atoms with van der Waals surface area (Å²) in [6.07, 6.45) is 0.891. The summed E-state index contributed by atoms with van der Waals surface area (Å²) >= 11 is 0. The molecule has 0 aliphatic carbocycles. The first kappa shape index (κ1) is 18.5. The summed E-state index contributed by atoms with van der Waals surface area (Å²) in [4.78, 5) is 7.01. The Hall–Kier alpha value is -0.880. The van der Waals surface area contributed by atoms with Gasteiger partial charge in [-0.1, -0.05) is 48.5 Å². The molecule has 0 aromatic heterocycles. The third-order valence-electron chi connectivity index (χ3n) is 4.55. The third-order valence-corrected chi connectivity index (χ3v) is 6.21. The largest absolute Gasteiger partial charge is 0.316 e. The lowest BCUT2D eigenvalue weighted by molar-refractivity contribution is 0.304. The van der Waals surface area contributed by atoms with Gasteiger partial charge in [0.15, 0.2) is 0 Å². The minimum Gasteiger partial charge on any atom is -0.316 e. The Bertz CT molecular complexity index is 648. The van der Waals surface area contributed by atoms with Crippen molar-refractivity contribution in [3.8, 4) is 0 Å². The zero-order valence-corrected chi connectivity index (χ0v) is 16.6. The molecule has 0 saturated carbocycles. The average molecular weight is 342 g/mol. The van der Waals surface area contributed by atoms with Gasteiger partial charge in [-0.05, 0) is 17.4 Å². The average Bonchev–Trinajstić information content (AvgIpc) is 2.35. The van der Waals surface area contributed by atoms with Gasteiger partial charge in [0.1, 0.15) is 11.7 Å². The second-order valence-corrected chi connectivity index (χ2v) is 10.8. The van der Waals surface area contributed by atoms with Crippen LogP contribution in [-0.4, -0.2) is 49.0 Å². The van der Waals surface area contributed by atoms with Gasteiger partial charge >= 0.3 is 0 Å². The Balaban J connectivity index is 2.66. The predicted octanol–water partition coefficient (Wildman–Crippen LogP) is 3.06. The molecule has 0 spiro atoms. The van der Waals surface area contributed by atoms with Crippen LogP contribution in [0.3, 0.4) is 0 Å². The molecule has 0 N–H and O–H groups in total. The molecule has 1 saturated heterocycles. The first-order chi connectivity index (χ1) is 10.3. The normalized spacial score (nSPS) is 26.2. The van der Waals surface area contributed by atoms with Crippen LogP contribution in [0.25, 0.3) is 0 Å². The monoisotopic (exact) mass is 341 g/mol. The van der Waals surface area contributed by atoms with Crippen molar-refractivity contribution in [2.45, 2.75) is 60.9 Å². The molecular formula is C17H31N3O2S. The van der Waals surface area contributed by atoms with Crippen LogP contribution < -0.4 is 0 Å². The molecule has 5 nitrogen and oxygen atoms in total. The number of hydrogen-bond acceptors (Lipinski definition) is 4. The van der Waals surface area contributed by atoms with E-state index < -0.39 is 10.0 Å². The molecule has 0 radical (unpaired) electrons. The Morgan fingerprint density at radius 1 is 1.17 bits per heavy atom. The fourth-order valence-corrected chi connectivity index (χ4v) is 4.46. The predicted molar refractivity (Wildman–Crippen MR) is 95.7 cm³/mol. The van der Waals surface area contributed by atoms with Crippen molar-refractivity contribution in [3.63, 3.8) is 0 Å². The van der Waals surface area contributed by atoms with Crippen molar-refractivity contribution in [2.24, 2.45) is 15.8 Å². The van der Waals surface area contributed by atoms with Crippen LogP contribution in [0.1, 0.15) is 54.9 Å².